The van der Waals surface area contributed by atoms with E-state index in [1.54, 1.807) is 24.3 Å². The van der Waals surface area contributed by atoms with Gasteiger partial charge in [0.1, 0.15) is 23.1 Å². The van der Waals surface area contributed by atoms with Crippen LogP contribution < -0.4 is 14.8 Å². The van der Waals surface area contributed by atoms with Crippen LogP contribution in [0, 0.1) is 11.6 Å². The number of para-hydroxylation sites is 1. The van der Waals surface area contributed by atoms with Crippen molar-refractivity contribution in [3.8, 4) is 5.75 Å². The van der Waals surface area contributed by atoms with Gasteiger partial charge < -0.3 is 10.1 Å². The van der Waals surface area contributed by atoms with Crippen LogP contribution in [0.25, 0.3) is 0 Å². The normalized spacial score (nSPS) is 11.2. The van der Waals surface area contributed by atoms with E-state index in [2.05, 4.69) is 10.0 Å². The molecule has 0 aliphatic carbocycles. The molecule has 0 fully saturated rings. The van der Waals surface area contributed by atoms with E-state index in [4.69, 9.17) is 16.3 Å². The highest BCUT2D eigenvalue weighted by Gasteiger charge is 2.17. The monoisotopic (exact) mass is 466 g/mol. The average molecular weight is 467 g/mol. The minimum Gasteiger partial charge on any atom is -0.482 e. The molecule has 0 bridgehead atoms. The Morgan fingerprint density at radius 1 is 0.968 bits per heavy atom. The smallest absolute Gasteiger partial charge is 0.262 e. The summed E-state index contributed by atoms with van der Waals surface area (Å²) in [5, 5.41) is 2.02. The zero-order chi connectivity index (χ0) is 22.4. The van der Waals surface area contributed by atoms with Gasteiger partial charge in [0, 0.05) is 6.54 Å². The molecule has 0 heterocycles. The first-order valence-electron chi connectivity index (χ1n) is 8.96. The maximum absolute atomic E-state index is 13.6. The molecule has 1 amide bonds. The van der Waals surface area contributed by atoms with Gasteiger partial charge in [-0.3, -0.25) is 4.79 Å². The topological polar surface area (TPSA) is 84.5 Å². The fraction of sp³-hybridized carbons (Fsp3) is 0.0952. The average Bonchev–Trinajstić information content (AvgIpc) is 2.75. The molecule has 0 saturated carbocycles. The van der Waals surface area contributed by atoms with Crippen LogP contribution in [0.3, 0.4) is 0 Å². The summed E-state index contributed by atoms with van der Waals surface area (Å²) in [5.41, 5.74) is 0.197. The van der Waals surface area contributed by atoms with E-state index < -0.39 is 39.9 Å². The third-order valence-electron chi connectivity index (χ3n) is 4.11. The molecule has 0 unspecified atom stereocenters. The molecule has 0 aliphatic rings. The van der Waals surface area contributed by atoms with Crippen LogP contribution in [-0.2, 0) is 21.4 Å². The van der Waals surface area contributed by atoms with Crippen molar-refractivity contribution in [2.75, 3.05) is 11.9 Å². The highest BCUT2D eigenvalue weighted by atomic mass is 35.5. The van der Waals surface area contributed by atoms with Crippen molar-refractivity contribution >= 4 is 33.2 Å². The molecular weight excluding hydrogens is 450 g/mol. The quantitative estimate of drug-likeness (QED) is 0.523. The summed E-state index contributed by atoms with van der Waals surface area (Å²) in [6.45, 7) is -0.488. The van der Waals surface area contributed by atoms with Crippen molar-refractivity contribution in [1.82, 2.24) is 4.72 Å². The first-order chi connectivity index (χ1) is 14.8. The summed E-state index contributed by atoms with van der Waals surface area (Å²) < 4.78 is 59.8. The molecule has 3 aromatic rings. The summed E-state index contributed by atoms with van der Waals surface area (Å²) in [6, 6.07) is 15.9. The summed E-state index contributed by atoms with van der Waals surface area (Å²) in [6.07, 6.45) is 0. The van der Waals surface area contributed by atoms with Crippen LogP contribution in [0.2, 0.25) is 5.02 Å². The first kappa shape index (κ1) is 22.7. The highest BCUT2D eigenvalue weighted by molar-refractivity contribution is 7.89. The maximum atomic E-state index is 13.6. The molecule has 3 rings (SSSR count). The minimum absolute atomic E-state index is 0.0350. The molecule has 0 atom stereocenters. The Hall–Kier alpha value is -3.01. The summed E-state index contributed by atoms with van der Waals surface area (Å²) >= 11 is 6.08. The zero-order valence-corrected chi connectivity index (χ0v) is 17.5. The van der Waals surface area contributed by atoms with Crippen LogP contribution in [0.15, 0.2) is 71.6 Å². The Bertz CT molecular complexity index is 1170. The predicted molar refractivity (Wildman–Crippen MR) is 112 cm³/mol. The molecule has 0 spiro atoms. The van der Waals surface area contributed by atoms with Gasteiger partial charge in [0.05, 0.1) is 9.92 Å². The van der Waals surface area contributed by atoms with E-state index in [9.17, 15) is 22.0 Å². The second-order valence-corrected chi connectivity index (χ2v) is 8.51. The minimum atomic E-state index is -3.83. The second-order valence-electron chi connectivity index (χ2n) is 6.34. The molecule has 31 heavy (non-hydrogen) atoms. The Morgan fingerprint density at radius 2 is 1.65 bits per heavy atom. The van der Waals surface area contributed by atoms with Gasteiger partial charge in [0.2, 0.25) is 10.0 Å². The standard InChI is InChI=1S/C21H17ClF2N2O4S/c22-16-11-15(31(28,29)25-12-14-5-2-1-3-6-14)9-10-19(16)30-13-20(27)26-21-17(23)7-4-8-18(21)24/h1-11,25H,12-13H2,(H,26,27). The Kier molecular flexibility index (Phi) is 7.21. The molecule has 3 aromatic carbocycles. The predicted octanol–water partition coefficient (Wildman–Crippen LogP) is 4.11. The Morgan fingerprint density at radius 3 is 2.29 bits per heavy atom. The molecule has 6 nitrogen and oxygen atoms in total. The van der Waals surface area contributed by atoms with Crippen molar-refractivity contribution in [3.63, 3.8) is 0 Å². The van der Waals surface area contributed by atoms with Gasteiger partial charge in [-0.05, 0) is 35.9 Å². The Labute approximate surface area is 182 Å². The molecule has 0 saturated heterocycles. The molecule has 162 valence electrons. The van der Waals surface area contributed by atoms with Crippen LogP contribution in [0.4, 0.5) is 14.5 Å². The van der Waals surface area contributed by atoms with Crippen molar-refractivity contribution < 1.29 is 26.7 Å². The molecular formula is C21H17ClF2N2O4S. The molecule has 2 N–H and O–H groups in total. The lowest BCUT2D eigenvalue weighted by molar-refractivity contribution is -0.118. The van der Waals surface area contributed by atoms with Gasteiger partial charge in [-0.25, -0.2) is 21.9 Å². The van der Waals surface area contributed by atoms with Gasteiger partial charge in [0.25, 0.3) is 5.91 Å². The van der Waals surface area contributed by atoms with Crippen LogP contribution in [-0.4, -0.2) is 20.9 Å². The van der Waals surface area contributed by atoms with E-state index in [1.807, 2.05) is 6.07 Å². The lowest BCUT2D eigenvalue weighted by Gasteiger charge is -2.11. The Balaban J connectivity index is 1.62. The molecule has 0 aliphatic heterocycles. The summed E-state index contributed by atoms with van der Waals surface area (Å²) in [5.74, 6) is -2.64. The van der Waals surface area contributed by atoms with Gasteiger partial charge in [-0.2, -0.15) is 0 Å². The number of hydrogen-bond donors (Lipinski definition) is 2. The molecule has 10 heteroatoms. The maximum Gasteiger partial charge on any atom is 0.262 e. The number of carbonyl (C=O) groups excluding carboxylic acids is 1. The van der Waals surface area contributed by atoms with Gasteiger partial charge in [-0.1, -0.05) is 48.0 Å². The van der Waals surface area contributed by atoms with E-state index in [0.717, 1.165) is 17.7 Å². The number of anilines is 1. The SMILES string of the molecule is O=C(COc1ccc(S(=O)(=O)NCc2ccccc2)cc1Cl)Nc1c(F)cccc1F. The van der Waals surface area contributed by atoms with Crippen LogP contribution >= 0.6 is 11.6 Å². The number of ether oxygens (including phenoxy) is 1. The lowest BCUT2D eigenvalue weighted by atomic mass is 10.2. The lowest BCUT2D eigenvalue weighted by Crippen LogP contribution is -2.23. The fourth-order valence-electron chi connectivity index (χ4n) is 2.56. The number of rotatable bonds is 8. The number of amides is 1. The third kappa shape index (κ3) is 6.00. The van der Waals surface area contributed by atoms with E-state index >= 15 is 0 Å². The second kappa shape index (κ2) is 9.86. The van der Waals surface area contributed by atoms with E-state index in [-0.39, 0.29) is 22.2 Å². The van der Waals surface area contributed by atoms with Crippen LogP contribution in [0.1, 0.15) is 5.56 Å². The number of carbonyl (C=O) groups is 1. The van der Waals surface area contributed by atoms with E-state index in [1.165, 1.54) is 24.3 Å². The first-order valence-corrected chi connectivity index (χ1v) is 10.8. The molecule has 0 radical (unpaired) electrons. The number of halogens is 3. The zero-order valence-electron chi connectivity index (χ0n) is 15.9. The third-order valence-corrected chi connectivity index (χ3v) is 5.80. The van der Waals surface area contributed by atoms with Crippen LogP contribution in [0.5, 0.6) is 5.75 Å². The van der Waals surface area contributed by atoms with Crippen molar-refractivity contribution in [3.05, 3.63) is 89.0 Å². The van der Waals surface area contributed by atoms with Crippen molar-refractivity contribution in [2.45, 2.75) is 11.4 Å². The summed E-state index contributed by atoms with van der Waals surface area (Å²) in [4.78, 5) is 11.8. The fourth-order valence-corrected chi connectivity index (χ4v) is 3.90. The highest BCUT2D eigenvalue weighted by Crippen LogP contribution is 2.27. The van der Waals surface area contributed by atoms with Crippen molar-refractivity contribution in [2.24, 2.45) is 0 Å². The number of nitrogens with one attached hydrogen (secondary N) is 2. The number of sulfonamides is 1. The van der Waals surface area contributed by atoms with Crippen molar-refractivity contribution in [1.29, 1.82) is 0 Å². The summed E-state index contributed by atoms with van der Waals surface area (Å²) in [7, 11) is -3.83. The van der Waals surface area contributed by atoms with Gasteiger partial charge in [0.15, 0.2) is 6.61 Å². The number of hydrogen-bond acceptors (Lipinski definition) is 4. The van der Waals surface area contributed by atoms with E-state index in [0.29, 0.717) is 0 Å². The molecule has 0 aromatic heterocycles. The largest absolute Gasteiger partial charge is 0.482 e. The van der Waals surface area contributed by atoms with Gasteiger partial charge >= 0.3 is 0 Å². The number of benzene rings is 3. The van der Waals surface area contributed by atoms with Gasteiger partial charge in [-0.15, -0.1) is 0 Å².